The molecule has 1 heterocycles. The smallest absolute Gasteiger partial charge is 0.253 e. The Kier molecular flexibility index (Phi) is 6.41. The predicted octanol–water partition coefficient (Wildman–Crippen LogP) is 4.54. The number of rotatable bonds is 5. The maximum Gasteiger partial charge on any atom is 0.253 e. The molecule has 0 radical (unpaired) electrons. The number of halogens is 2. The maximum absolute atomic E-state index is 12.8. The molecule has 1 atom stereocenters. The highest BCUT2D eigenvalue weighted by Crippen LogP contribution is 2.32. The summed E-state index contributed by atoms with van der Waals surface area (Å²) in [5, 5.41) is 1.26. The molecule has 144 valence electrons. The lowest BCUT2D eigenvalue weighted by molar-refractivity contribution is 0.0747. The van der Waals surface area contributed by atoms with Crippen LogP contribution in [0.1, 0.15) is 22.3 Å². The Morgan fingerprint density at radius 3 is 2.70 bits per heavy atom. The standard InChI is InChI=1S/C19H19Cl2NO3S2/c1-22(16-7-8-27(24,25)12-16)19(23)14-4-2-3-13(9-14)11-26-18-10-15(20)5-6-17(18)21/h2-6,9-10,16H,7-8,11-12H2,1H3/t16-/m1/s1. The molecule has 2 aromatic rings. The zero-order valence-electron chi connectivity index (χ0n) is 14.7. The van der Waals surface area contributed by atoms with Crippen LogP contribution in [0, 0.1) is 0 Å². The molecule has 4 nitrogen and oxygen atoms in total. The number of hydrogen-bond acceptors (Lipinski definition) is 4. The highest BCUT2D eigenvalue weighted by Gasteiger charge is 2.33. The topological polar surface area (TPSA) is 54.5 Å². The first kappa shape index (κ1) is 20.5. The Hall–Kier alpha value is -1.21. The second kappa shape index (κ2) is 8.43. The summed E-state index contributed by atoms with van der Waals surface area (Å²) in [4.78, 5) is 15.2. The third-order valence-corrected chi connectivity index (χ3v) is 8.09. The summed E-state index contributed by atoms with van der Waals surface area (Å²) in [6.07, 6.45) is 0.493. The van der Waals surface area contributed by atoms with E-state index in [4.69, 9.17) is 23.2 Å². The third-order valence-electron chi connectivity index (χ3n) is 4.54. The largest absolute Gasteiger partial charge is 0.338 e. The molecule has 0 aliphatic carbocycles. The monoisotopic (exact) mass is 443 g/mol. The van der Waals surface area contributed by atoms with Gasteiger partial charge in [0.05, 0.1) is 16.5 Å². The van der Waals surface area contributed by atoms with Crippen molar-refractivity contribution in [3.8, 4) is 0 Å². The van der Waals surface area contributed by atoms with Crippen molar-refractivity contribution >= 4 is 50.7 Å². The van der Waals surface area contributed by atoms with E-state index < -0.39 is 9.84 Å². The van der Waals surface area contributed by atoms with Crippen LogP contribution in [0.5, 0.6) is 0 Å². The summed E-state index contributed by atoms with van der Waals surface area (Å²) in [6, 6.07) is 12.4. The quantitative estimate of drug-likeness (QED) is 0.636. The van der Waals surface area contributed by atoms with Gasteiger partial charge in [0.15, 0.2) is 9.84 Å². The van der Waals surface area contributed by atoms with Crippen LogP contribution in [0.3, 0.4) is 0 Å². The number of hydrogen-bond donors (Lipinski definition) is 0. The van der Waals surface area contributed by atoms with Crippen molar-refractivity contribution in [1.82, 2.24) is 4.90 Å². The van der Waals surface area contributed by atoms with E-state index in [9.17, 15) is 13.2 Å². The first-order valence-corrected chi connectivity index (χ1v) is 12.0. The van der Waals surface area contributed by atoms with E-state index in [2.05, 4.69) is 0 Å². The normalized spacial score (nSPS) is 18.4. The van der Waals surface area contributed by atoms with Crippen LogP contribution in [-0.2, 0) is 15.6 Å². The van der Waals surface area contributed by atoms with E-state index in [1.54, 1.807) is 41.9 Å². The fourth-order valence-electron chi connectivity index (χ4n) is 2.99. The van der Waals surface area contributed by atoms with Crippen LogP contribution in [0.4, 0.5) is 0 Å². The van der Waals surface area contributed by atoms with Crippen LogP contribution in [-0.4, -0.2) is 43.8 Å². The highest BCUT2D eigenvalue weighted by molar-refractivity contribution is 7.98. The van der Waals surface area contributed by atoms with Crippen LogP contribution < -0.4 is 0 Å². The van der Waals surface area contributed by atoms with Gasteiger partial charge in [-0.2, -0.15) is 0 Å². The van der Waals surface area contributed by atoms with Gasteiger partial charge in [-0.3, -0.25) is 4.79 Å². The van der Waals surface area contributed by atoms with Crippen LogP contribution in [0.25, 0.3) is 0 Å². The summed E-state index contributed by atoms with van der Waals surface area (Å²) in [6.45, 7) is 0. The van der Waals surface area contributed by atoms with Gasteiger partial charge in [0.25, 0.3) is 5.91 Å². The molecule has 0 N–H and O–H groups in total. The number of benzene rings is 2. The number of carbonyl (C=O) groups is 1. The van der Waals surface area contributed by atoms with E-state index in [0.717, 1.165) is 10.5 Å². The van der Waals surface area contributed by atoms with Crippen molar-refractivity contribution in [2.45, 2.75) is 23.1 Å². The van der Waals surface area contributed by atoms with Crippen molar-refractivity contribution in [1.29, 1.82) is 0 Å². The molecule has 1 aliphatic heterocycles. The zero-order chi connectivity index (χ0) is 19.6. The van der Waals surface area contributed by atoms with E-state index in [0.29, 0.717) is 27.8 Å². The minimum atomic E-state index is -3.03. The minimum absolute atomic E-state index is 0.0397. The first-order valence-electron chi connectivity index (χ1n) is 8.39. The van der Waals surface area contributed by atoms with Gasteiger partial charge in [0.2, 0.25) is 0 Å². The number of thioether (sulfide) groups is 1. The molecular weight excluding hydrogens is 425 g/mol. The molecule has 0 saturated carbocycles. The lowest BCUT2D eigenvalue weighted by atomic mass is 10.1. The number of amides is 1. The van der Waals surface area contributed by atoms with Gasteiger partial charge >= 0.3 is 0 Å². The molecule has 1 amide bonds. The molecule has 0 spiro atoms. The molecule has 27 heavy (non-hydrogen) atoms. The van der Waals surface area contributed by atoms with Gasteiger partial charge < -0.3 is 4.90 Å². The summed E-state index contributed by atoms with van der Waals surface area (Å²) >= 11 is 13.8. The zero-order valence-corrected chi connectivity index (χ0v) is 17.8. The molecule has 2 aromatic carbocycles. The molecule has 1 saturated heterocycles. The van der Waals surface area contributed by atoms with Crippen LogP contribution in [0.15, 0.2) is 47.4 Å². The molecule has 3 rings (SSSR count). The molecule has 1 fully saturated rings. The first-order chi connectivity index (χ1) is 12.7. The van der Waals surface area contributed by atoms with Crippen molar-refractivity contribution in [2.75, 3.05) is 18.6 Å². The van der Waals surface area contributed by atoms with Crippen molar-refractivity contribution in [3.05, 3.63) is 63.6 Å². The van der Waals surface area contributed by atoms with Crippen molar-refractivity contribution < 1.29 is 13.2 Å². The second-order valence-electron chi connectivity index (χ2n) is 6.54. The summed E-state index contributed by atoms with van der Waals surface area (Å²) in [5.74, 6) is 0.664. The van der Waals surface area contributed by atoms with E-state index in [1.165, 1.54) is 0 Å². The Bertz CT molecular complexity index is 963. The van der Waals surface area contributed by atoms with E-state index in [1.807, 2.05) is 24.3 Å². The fourth-order valence-corrected chi connectivity index (χ4v) is 6.20. The molecular formula is C19H19Cl2NO3S2. The lowest BCUT2D eigenvalue weighted by Gasteiger charge is -2.23. The van der Waals surface area contributed by atoms with Crippen LogP contribution in [0.2, 0.25) is 10.0 Å². The van der Waals surface area contributed by atoms with Gasteiger partial charge in [0.1, 0.15) is 0 Å². The van der Waals surface area contributed by atoms with Crippen molar-refractivity contribution in [3.63, 3.8) is 0 Å². The third kappa shape index (κ3) is 5.19. The van der Waals surface area contributed by atoms with E-state index >= 15 is 0 Å². The molecule has 8 heteroatoms. The summed E-state index contributed by atoms with van der Waals surface area (Å²) in [7, 11) is -1.36. The Morgan fingerprint density at radius 2 is 2.00 bits per heavy atom. The van der Waals surface area contributed by atoms with Gasteiger partial charge in [-0.15, -0.1) is 11.8 Å². The SMILES string of the molecule is CN(C(=O)c1cccc(CSc2cc(Cl)ccc2Cl)c1)[C@@H]1CCS(=O)(=O)C1. The maximum atomic E-state index is 12.8. The summed E-state index contributed by atoms with van der Waals surface area (Å²) < 4.78 is 23.3. The summed E-state index contributed by atoms with van der Waals surface area (Å²) in [5.41, 5.74) is 1.53. The van der Waals surface area contributed by atoms with Gasteiger partial charge in [-0.05, 0) is 42.3 Å². The molecule has 0 aromatic heterocycles. The minimum Gasteiger partial charge on any atom is -0.338 e. The van der Waals surface area contributed by atoms with Gasteiger partial charge in [-0.25, -0.2) is 8.42 Å². The lowest BCUT2D eigenvalue weighted by Crippen LogP contribution is -2.37. The average molecular weight is 444 g/mol. The molecule has 0 unspecified atom stereocenters. The van der Waals surface area contributed by atoms with Gasteiger partial charge in [0, 0.05) is 34.3 Å². The Labute approximate surface area is 173 Å². The van der Waals surface area contributed by atoms with E-state index in [-0.39, 0.29) is 23.5 Å². The van der Waals surface area contributed by atoms with Crippen LogP contribution >= 0.6 is 35.0 Å². The second-order valence-corrected chi connectivity index (χ2v) is 10.6. The molecule has 1 aliphatic rings. The van der Waals surface area contributed by atoms with Crippen molar-refractivity contribution in [2.24, 2.45) is 0 Å². The Morgan fingerprint density at radius 1 is 1.22 bits per heavy atom. The number of nitrogens with zero attached hydrogens (tertiary/aromatic N) is 1. The highest BCUT2D eigenvalue weighted by atomic mass is 35.5. The average Bonchev–Trinajstić information content (AvgIpc) is 3.01. The number of sulfone groups is 1. The van der Waals surface area contributed by atoms with Gasteiger partial charge in [-0.1, -0.05) is 35.3 Å². The predicted molar refractivity (Wildman–Crippen MR) is 112 cm³/mol. The molecule has 0 bridgehead atoms. The Balaban J connectivity index is 1.69. The fraction of sp³-hybridized carbons (Fsp3) is 0.316. The number of carbonyl (C=O) groups excluding carboxylic acids is 1.